The molecule has 5 heterocycles. The van der Waals surface area contributed by atoms with Crippen LogP contribution in [-0.2, 0) is 26.3 Å². The van der Waals surface area contributed by atoms with E-state index in [0.717, 1.165) is 27.7 Å². The van der Waals surface area contributed by atoms with Crippen LogP contribution in [0, 0.1) is 0 Å². The molecule has 0 saturated carbocycles. The maximum Gasteiger partial charge on any atom is 0.278 e. The first-order chi connectivity index (χ1) is 18.8. The Kier molecular flexibility index (Phi) is 9.29. The summed E-state index contributed by atoms with van der Waals surface area (Å²) < 4.78 is 6.53. The average Bonchev–Trinajstić information content (AvgIpc) is 3.56. The molecule has 18 heteroatoms. The van der Waals surface area contributed by atoms with Crippen molar-refractivity contribution in [3.63, 3.8) is 0 Å². The van der Waals surface area contributed by atoms with E-state index in [1.165, 1.54) is 34.9 Å². The Morgan fingerprint density at radius 2 is 2.10 bits per heavy atom. The minimum Gasteiger partial charge on any atom is -0.543 e. The lowest BCUT2D eigenvalue weighted by molar-refractivity contribution is -0.671. The quantitative estimate of drug-likeness (QED) is 0.143. The minimum atomic E-state index is -1.48. The Hall–Kier alpha value is -3.25. The number of aromatic nitrogens is 4. The lowest BCUT2D eigenvalue weighted by Gasteiger charge is -2.50. The van der Waals surface area contributed by atoms with Crippen molar-refractivity contribution in [3.8, 4) is 11.3 Å². The molecule has 2 aliphatic heterocycles. The molecule has 0 unspecified atom stereocenters. The van der Waals surface area contributed by atoms with E-state index in [-0.39, 0.29) is 47.1 Å². The number of nitrogens with two attached hydrogens (primary N) is 1. The summed E-state index contributed by atoms with van der Waals surface area (Å²) >= 11 is 4.77. The molecule has 40 heavy (non-hydrogen) atoms. The highest BCUT2D eigenvalue weighted by atomic mass is 35.5. The summed E-state index contributed by atoms with van der Waals surface area (Å²) in [7, 11) is 1.92. The number of fused-ring (bicyclic) bond motifs is 1. The van der Waals surface area contributed by atoms with E-state index >= 15 is 0 Å². The molecule has 0 bridgehead atoms. The number of thiazole rings is 1. The summed E-state index contributed by atoms with van der Waals surface area (Å²) in [6.07, 6.45) is 3.82. The van der Waals surface area contributed by atoms with Gasteiger partial charge >= 0.3 is 0 Å². The minimum absolute atomic E-state index is 0. The standard InChI is InChI=1S/C22H20N8O5S4.ClH/c1-3-35-27-13(16-26-21(23)39-28-16)17(31)25-14-18(32)30-15(20(33)34)12(9-36-19(14)30)38-22-24-11(8-37-22)10-4-6-29(2)7-5-10;/h4-8,14,19H,3,9H2,1-2H3,(H3-,23,25,26,28,31,33,34);1H/b27-13+;/t14-,19-;/m1./s1. The topological polar surface area (TPSA) is 180 Å². The SMILES string of the molecule is CCO/N=C(/C(=O)N[C@@H]1C(=O)N2C(C(=O)[O-])=C(Sc3nc(-c4cc[n+](C)cc4)cs3)CS[C@H]12)c1nsc(N)n1.Cl. The van der Waals surface area contributed by atoms with Crippen LogP contribution >= 0.6 is 58.8 Å². The Morgan fingerprint density at radius 1 is 1.35 bits per heavy atom. The number of carbonyl (C=O) groups is 3. The molecule has 0 spiro atoms. The number of halogens is 1. The van der Waals surface area contributed by atoms with E-state index in [2.05, 4.69) is 24.8 Å². The number of carboxylic acids is 1. The number of pyridine rings is 1. The lowest BCUT2D eigenvalue weighted by Crippen LogP contribution is -2.71. The number of β-lactam (4-membered cyclic amide) rings is 1. The molecule has 3 N–H and O–H groups in total. The number of rotatable bonds is 9. The van der Waals surface area contributed by atoms with E-state index in [9.17, 15) is 19.5 Å². The monoisotopic (exact) mass is 640 g/mol. The van der Waals surface area contributed by atoms with Crippen LogP contribution < -0.4 is 20.7 Å². The maximum atomic E-state index is 13.1. The van der Waals surface area contributed by atoms with Crippen molar-refractivity contribution in [1.82, 2.24) is 24.6 Å². The number of oxime groups is 1. The van der Waals surface area contributed by atoms with E-state index in [1.54, 1.807) is 6.92 Å². The first-order valence-corrected chi connectivity index (χ1v) is 14.9. The molecule has 3 aromatic rings. The zero-order valence-corrected chi connectivity index (χ0v) is 24.9. The van der Waals surface area contributed by atoms with Gasteiger partial charge in [-0.25, -0.2) is 9.55 Å². The number of aliphatic carboxylic acids is 1. The number of carbonyl (C=O) groups excluding carboxylic acids is 3. The van der Waals surface area contributed by atoms with E-state index in [1.807, 2.05) is 41.5 Å². The highest BCUT2D eigenvalue weighted by Gasteiger charge is 2.53. The number of thioether (sulfide) groups is 2. The molecular formula is C22H21ClN8O5S4. The summed E-state index contributed by atoms with van der Waals surface area (Å²) in [4.78, 5) is 53.3. The third-order valence-corrected chi connectivity index (χ3v) is 9.56. The number of nitrogen functional groups attached to an aromatic ring is 1. The van der Waals surface area contributed by atoms with Crippen LogP contribution in [0.3, 0.4) is 0 Å². The second kappa shape index (κ2) is 12.5. The van der Waals surface area contributed by atoms with Crippen LogP contribution in [0.15, 0.2) is 50.0 Å². The number of nitrogens with one attached hydrogen (secondary N) is 1. The van der Waals surface area contributed by atoms with Gasteiger partial charge in [0, 0.05) is 45.3 Å². The van der Waals surface area contributed by atoms with Gasteiger partial charge in [-0.3, -0.25) is 14.5 Å². The third kappa shape index (κ3) is 5.92. The Bertz CT molecular complexity index is 1510. The van der Waals surface area contributed by atoms with Crippen LogP contribution in [-0.4, -0.2) is 66.5 Å². The number of hydrogen-bond donors (Lipinski definition) is 2. The van der Waals surface area contributed by atoms with Crippen molar-refractivity contribution in [3.05, 3.63) is 46.3 Å². The second-order valence-corrected chi connectivity index (χ2v) is 12.2. The second-order valence-electron chi connectivity index (χ2n) is 8.09. The van der Waals surface area contributed by atoms with Gasteiger partial charge in [-0.05, 0) is 6.92 Å². The molecule has 0 aliphatic carbocycles. The molecule has 3 aromatic heterocycles. The van der Waals surface area contributed by atoms with Gasteiger partial charge in [-0.15, -0.1) is 35.5 Å². The van der Waals surface area contributed by atoms with Gasteiger partial charge in [-0.2, -0.15) is 9.36 Å². The number of anilines is 1. The van der Waals surface area contributed by atoms with E-state index in [4.69, 9.17) is 10.6 Å². The van der Waals surface area contributed by atoms with Gasteiger partial charge < -0.3 is 25.8 Å². The third-order valence-electron chi connectivity index (χ3n) is 5.53. The Labute approximate surface area is 250 Å². The molecule has 2 aliphatic rings. The fourth-order valence-electron chi connectivity index (χ4n) is 3.73. The van der Waals surface area contributed by atoms with Gasteiger partial charge in [0.1, 0.15) is 25.1 Å². The smallest absolute Gasteiger partial charge is 0.278 e. The number of amides is 2. The predicted molar refractivity (Wildman–Crippen MR) is 151 cm³/mol. The summed E-state index contributed by atoms with van der Waals surface area (Å²) in [5.41, 5.74) is 6.86. The van der Waals surface area contributed by atoms with E-state index in [0.29, 0.717) is 9.24 Å². The first-order valence-electron chi connectivity index (χ1n) is 11.4. The zero-order valence-electron chi connectivity index (χ0n) is 20.8. The summed E-state index contributed by atoms with van der Waals surface area (Å²) in [5, 5.41) is 19.9. The largest absolute Gasteiger partial charge is 0.543 e. The number of aryl methyl sites for hydroxylation is 1. The number of nitrogens with zero attached hydrogens (tertiary/aromatic N) is 6. The van der Waals surface area contributed by atoms with Crippen LogP contribution in [0.5, 0.6) is 0 Å². The molecule has 1 fully saturated rings. The van der Waals surface area contributed by atoms with Crippen molar-refractivity contribution in [2.45, 2.75) is 22.7 Å². The van der Waals surface area contributed by atoms with E-state index < -0.39 is 29.2 Å². The highest BCUT2D eigenvalue weighted by molar-refractivity contribution is 8.07. The molecule has 2 atom stereocenters. The molecule has 0 radical (unpaired) electrons. The van der Waals surface area contributed by atoms with Gasteiger partial charge in [0.05, 0.1) is 17.4 Å². The Balaban J connectivity index is 0.00000370. The van der Waals surface area contributed by atoms with Crippen molar-refractivity contribution in [2.75, 3.05) is 18.1 Å². The molecule has 0 aromatic carbocycles. The molecule has 13 nitrogen and oxygen atoms in total. The van der Waals surface area contributed by atoms with Gasteiger partial charge in [0.25, 0.3) is 11.8 Å². The van der Waals surface area contributed by atoms with Crippen molar-refractivity contribution < 1.29 is 28.9 Å². The Morgan fingerprint density at radius 3 is 2.75 bits per heavy atom. The maximum absolute atomic E-state index is 13.1. The van der Waals surface area contributed by atoms with Crippen LogP contribution in [0.2, 0.25) is 0 Å². The molecule has 210 valence electrons. The molecular weight excluding hydrogens is 620 g/mol. The zero-order chi connectivity index (χ0) is 27.7. The first kappa shape index (κ1) is 29.7. The number of hydrogen-bond acceptors (Lipinski definition) is 14. The fraction of sp³-hybridized carbons (Fsp3) is 0.273. The van der Waals surface area contributed by atoms with Crippen molar-refractivity contribution >= 4 is 87.4 Å². The van der Waals surface area contributed by atoms with Crippen LogP contribution in [0.25, 0.3) is 11.3 Å². The fourth-order valence-corrected chi connectivity index (χ4v) is 7.62. The average molecular weight is 641 g/mol. The summed E-state index contributed by atoms with van der Waals surface area (Å²) in [6.45, 7) is 1.88. The summed E-state index contributed by atoms with van der Waals surface area (Å²) in [6, 6.07) is 2.89. The highest BCUT2D eigenvalue weighted by Crippen LogP contribution is 2.45. The molecule has 2 amide bonds. The summed E-state index contributed by atoms with van der Waals surface area (Å²) in [5.74, 6) is -2.56. The lowest BCUT2D eigenvalue weighted by atomic mass is 10.0. The normalized spacial score (nSPS) is 18.5. The number of carboxylic acid groups (broad SMARTS) is 1. The van der Waals surface area contributed by atoms with Crippen LogP contribution in [0.4, 0.5) is 5.13 Å². The van der Waals surface area contributed by atoms with Crippen molar-refractivity contribution in [2.24, 2.45) is 12.2 Å². The predicted octanol–water partition coefficient (Wildman–Crippen LogP) is 0.384. The van der Waals surface area contributed by atoms with Crippen LogP contribution in [0.1, 0.15) is 12.7 Å². The molecule has 5 rings (SSSR count). The van der Waals surface area contributed by atoms with Crippen molar-refractivity contribution in [1.29, 1.82) is 0 Å². The van der Waals surface area contributed by atoms with Gasteiger partial charge in [-0.1, -0.05) is 16.9 Å². The van der Waals surface area contributed by atoms with Gasteiger partial charge in [0.15, 0.2) is 21.9 Å². The van der Waals surface area contributed by atoms with Gasteiger partial charge in [0.2, 0.25) is 11.5 Å². The molecule has 1 saturated heterocycles.